The minimum atomic E-state index is 0. The lowest BCUT2D eigenvalue weighted by Gasteiger charge is -1.59. The molecule has 0 unspecified atom stereocenters. The minimum absolute atomic E-state index is 0. The molecular formula is C8H22N2. The fourth-order valence-corrected chi connectivity index (χ4v) is 0. The molecule has 64 valence electrons. The fourth-order valence-electron chi connectivity index (χ4n) is 0. The molecule has 0 heterocycles. The topological polar surface area (TPSA) is 47.0 Å². The monoisotopic (exact) mass is 146 g/mol. The highest BCUT2D eigenvalue weighted by Crippen LogP contribution is 1.46. The molecule has 2 nitrogen and oxygen atoms in total. The Kier molecular flexibility index (Phi) is 178. The van der Waals surface area contributed by atoms with E-state index in [1.807, 2.05) is 34.9 Å². The smallest absolute Gasteiger partial charge is 0.0167 e. The van der Waals surface area contributed by atoms with Gasteiger partial charge in [0.25, 0.3) is 0 Å². The van der Waals surface area contributed by atoms with Crippen LogP contribution in [-0.2, 0) is 0 Å². The molecule has 0 atom stereocenters. The third kappa shape index (κ3) is 1590. The lowest BCUT2D eigenvalue weighted by atomic mass is 10.7. The van der Waals surface area contributed by atoms with Crippen molar-refractivity contribution in [2.75, 3.05) is 14.1 Å². The second-order valence-corrected chi connectivity index (χ2v) is 0.993. The van der Waals surface area contributed by atoms with Crippen LogP contribution >= 0.6 is 0 Å². The molecule has 0 fully saturated rings. The first kappa shape index (κ1) is 22.7. The highest BCUT2D eigenvalue weighted by Gasteiger charge is 1.25. The molecule has 0 aliphatic heterocycles. The highest BCUT2D eigenvalue weighted by atomic mass is 14.7. The van der Waals surface area contributed by atoms with Gasteiger partial charge in [-0.15, -0.1) is 5.73 Å². The summed E-state index contributed by atoms with van der Waals surface area (Å²) in [5.74, 6) is 0. The van der Waals surface area contributed by atoms with E-state index in [9.17, 15) is 0 Å². The first-order chi connectivity index (χ1) is 4.33. The zero-order valence-corrected chi connectivity index (χ0v) is 7.99. The third-order valence-corrected chi connectivity index (χ3v) is 0.204. The van der Waals surface area contributed by atoms with E-state index in [1.165, 1.54) is 0 Å². The summed E-state index contributed by atoms with van der Waals surface area (Å²) in [6.45, 7) is 9.18. The number of nitrogens with one attached hydrogen (secondary N) is 1. The molecule has 0 spiro atoms. The van der Waals surface area contributed by atoms with Gasteiger partial charge in [0.2, 0.25) is 0 Å². The van der Waals surface area contributed by atoms with Gasteiger partial charge in [-0.2, -0.15) is 0 Å². The van der Waals surface area contributed by atoms with Crippen molar-refractivity contribution in [2.24, 2.45) is 0 Å². The molecule has 0 rings (SSSR count). The number of rotatable bonds is 0. The van der Waals surface area contributed by atoms with Gasteiger partial charge in [-0.1, -0.05) is 20.4 Å². The van der Waals surface area contributed by atoms with Gasteiger partial charge in [-0.3, -0.25) is 0 Å². The number of hydrogen-bond donors (Lipinski definition) is 2. The molecule has 0 aromatic rings. The zero-order valence-electron chi connectivity index (χ0n) is 7.99. The molecule has 0 amide bonds. The molecule has 0 aliphatic carbocycles. The first-order valence-corrected chi connectivity index (χ1v) is 3.22. The van der Waals surface area contributed by atoms with Crippen LogP contribution in [0.1, 0.15) is 20.8 Å². The van der Waals surface area contributed by atoms with Crippen LogP contribution in [0.3, 0.4) is 0 Å². The van der Waals surface area contributed by atoms with Gasteiger partial charge in [0.1, 0.15) is 0 Å². The van der Waals surface area contributed by atoms with E-state index in [4.69, 9.17) is 0 Å². The molecule has 0 aliphatic rings. The Bertz CT molecular complexity index is 54.3. The summed E-state index contributed by atoms with van der Waals surface area (Å²) < 4.78 is 0. The summed E-state index contributed by atoms with van der Waals surface area (Å²) in [6.07, 6.45) is 1.76. The van der Waals surface area contributed by atoms with Crippen molar-refractivity contribution >= 4 is 0 Å². The summed E-state index contributed by atoms with van der Waals surface area (Å²) in [4.78, 5) is 0. The van der Waals surface area contributed by atoms with Crippen molar-refractivity contribution in [1.29, 1.82) is 0 Å². The number of hydrogen-bond acceptors (Lipinski definition) is 2. The van der Waals surface area contributed by atoms with Crippen LogP contribution in [0, 0.1) is 0 Å². The van der Waals surface area contributed by atoms with E-state index in [2.05, 4.69) is 17.6 Å². The highest BCUT2D eigenvalue weighted by molar-refractivity contribution is 4.67. The average Bonchev–Trinajstić information content (AvgIpc) is 1.94. The fraction of sp³-hybridized carbons (Fsp3) is 0.625. The van der Waals surface area contributed by atoms with Gasteiger partial charge in [-0.25, -0.2) is 0 Å². The van der Waals surface area contributed by atoms with Crippen molar-refractivity contribution in [2.45, 2.75) is 20.8 Å². The Hall–Kier alpha value is -0.560. The van der Waals surface area contributed by atoms with Crippen molar-refractivity contribution < 1.29 is 0 Å². The summed E-state index contributed by atoms with van der Waals surface area (Å²) in [7, 11) is 3.75. The second kappa shape index (κ2) is 78.5. The largest absolute Gasteiger partial charge is 0.344 e. The van der Waals surface area contributed by atoms with E-state index >= 15 is 0 Å². The third-order valence-electron chi connectivity index (χ3n) is 0.204. The Balaban J connectivity index is -0.0000000273. The van der Waals surface area contributed by atoms with Gasteiger partial charge in [-0.05, 0) is 27.1 Å². The van der Waals surface area contributed by atoms with Crippen molar-refractivity contribution in [3.8, 4) is 0 Å². The predicted molar refractivity (Wildman–Crippen MR) is 50.7 cm³/mol. The van der Waals surface area contributed by atoms with E-state index < -0.39 is 0 Å². The molecular weight excluding hydrogens is 124 g/mol. The van der Waals surface area contributed by atoms with Gasteiger partial charge < -0.3 is 11.5 Å². The SMILES string of the molecule is C=C=CC.CC.CNC.N. The van der Waals surface area contributed by atoms with E-state index in [0.717, 1.165) is 0 Å². The van der Waals surface area contributed by atoms with E-state index in [1.54, 1.807) is 6.08 Å². The molecule has 0 bridgehead atoms. The number of allylic oxidation sites excluding steroid dienone is 1. The van der Waals surface area contributed by atoms with Gasteiger partial charge in [0.15, 0.2) is 0 Å². The summed E-state index contributed by atoms with van der Waals surface area (Å²) in [5, 5.41) is 2.75. The van der Waals surface area contributed by atoms with Gasteiger partial charge in [0.05, 0.1) is 0 Å². The minimum Gasteiger partial charge on any atom is -0.344 e. The lowest BCUT2D eigenvalue weighted by molar-refractivity contribution is 1.02. The lowest BCUT2D eigenvalue weighted by Crippen LogP contribution is -1.89. The summed E-state index contributed by atoms with van der Waals surface area (Å²) in [5.41, 5.74) is 2.56. The molecule has 0 saturated heterocycles. The maximum absolute atomic E-state index is 3.30. The van der Waals surface area contributed by atoms with Crippen molar-refractivity contribution in [1.82, 2.24) is 11.5 Å². The van der Waals surface area contributed by atoms with Crippen LogP contribution < -0.4 is 11.5 Å². The second-order valence-electron chi connectivity index (χ2n) is 0.993. The van der Waals surface area contributed by atoms with Crippen LogP contribution in [0.5, 0.6) is 0 Å². The standard InChI is InChI=1S/C4H6.C2H7N.C2H6.H3N/c1-3-4-2;1-3-2;1-2;/h4H,1H2,2H3;3H,1-2H3;1-2H3;1H3. The molecule has 0 radical (unpaired) electrons. The molecule has 0 saturated carbocycles. The summed E-state index contributed by atoms with van der Waals surface area (Å²) >= 11 is 0. The maximum atomic E-state index is 3.30. The Morgan fingerprint density at radius 1 is 1.30 bits per heavy atom. The normalized spacial score (nSPS) is 4.10. The molecule has 4 N–H and O–H groups in total. The van der Waals surface area contributed by atoms with Crippen LogP contribution in [0.15, 0.2) is 18.4 Å². The Morgan fingerprint density at radius 3 is 1.40 bits per heavy atom. The van der Waals surface area contributed by atoms with Crippen LogP contribution in [0.2, 0.25) is 0 Å². The zero-order chi connectivity index (χ0) is 8.12. The molecule has 10 heavy (non-hydrogen) atoms. The van der Waals surface area contributed by atoms with Crippen molar-refractivity contribution in [3.05, 3.63) is 18.4 Å². The average molecular weight is 146 g/mol. The maximum Gasteiger partial charge on any atom is -0.0167 e. The molecule has 2 heteroatoms. The Labute approximate surface area is 65.6 Å². The van der Waals surface area contributed by atoms with Crippen LogP contribution in [0.25, 0.3) is 0 Å². The predicted octanol–water partition coefficient (Wildman–Crippen LogP) is 2.37. The quantitative estimate of drug-likeness (QED) is 0.515. The molecule has 0 aromatic heterocycles. The van der Waals surface area contributed by atoms with Crippen LogP contribution in [0.4, 0.5) is 0 Å². The van der Waals surface area contributed by atoms with E-state index in [-0.39, 0.29) is 6.15 Å². The van der Waals surface area contributed by atoms with E-state index in [0.29, 0.717) is 0 Å². The van der Waals surface area contributed by atoms with Crippen LogP contribution in [-0.4, -0.2) is 14.1 Å². The van der Waals surface area contributed by atoms with Gasteiger partial charge in [0, 0.05) is 0 Å². The summed E-state index contributed by atoms with van der Waals surface area (Å²) in [6, 6.07) is 0. The van der Waals surface area contributed by atoms with Crippen molar-refractivity contribution in [3.63, 3.8) is 0 Å². The first-order valence-electron chi connectivity index (χ1n) is 3.22. The molecule has 0 aromatic carbocycles. The Morgan fingerprint density at radius 2 is 1.40 bits per heavy atom. The van der Waals surface area contributed by atoms with Gasteiger partial charge >= 0.3 is 0 Å².